The second-order valence-corrected chi connectivity index (χ2v) is 6.89. The van der Waals surface area contributed by atoms with Crippen molar-refractivity contribution in [2.45, 2.75) is 11.4 Å². The number of aromatic carboxylic acids is 1. The molecule has 0 bridgehead atoms. The quantitative estimate of drug-likeness (QED) is 0.870. The highest BCUT2D eigenvalue weighted by Gasteiger charge is 2.18. The van der Waals surface area contributed by atoms with Crippen molar-refractivity contribution in [3.63, 3.8) is 0 Å². The predicted molar refractivity (Wildman–Crippen MR) is 67.4 cm³/mol. The number of nitrogens with zero attached hydrogens (tertiary/aromatic N) is 1. The van der Waals surface area contributed by atoms with E-state index in [1.165, 1.54) is 16.7 Å². The molecule has 0 spiro atoms. The van der Waals surface area contributed by atoms with Crippen LogP contribution in [0.15, 0.2) is 28.0 Å². The maximum Gasteiger partial charge on any atom is 0.345 e. The Labute approximate surface area is 111 Å². The van der Waals surface area contributed by atoms with Crippen molar-refractivity contribution in [2.75, 3.05) is 0 Å². The number of thiazole rings is 1. The van der Waals surface area contributed by atoms with Gasteiger partial charge in [0.05, 0.1) is 10.4 Å². The molecule has 6 nitrogen and oxygen atoms in total. The zero-order valence-corrected chi connectivity index (χ0v) is 11.3. The van der Waals surface area contributed by atoms with Crippen LogP contribution in [0.2, 0.25) is 0 Å². The van der Waals surface area contributed by atoms with E-state index in [0.29, 0.717) is 0 Å². The minimum absolute atomic E-state index is 0.00633. The van der Waals surface area contributed by atoms with Gasteiger partial charge in [-0.2, -0.15) is 0 Å². The summed E-state index contributed by atoms with van der Waals surface area (Å²) in [6.07, 6.45) is 1.57. The van der Waals surface area contributed by atoms with Crippen molar-refractivity contribution in [2.24, 2.45) is 0 Å². The predicted octanol–water partition coefficient (Wildman–Crippen LogP) is 1.38. The minimum Gasteiger partial charge on any atom is -0.477 e. The first-order chi connectivity index (χ1) is 8.49. The van der Waals surface area contributed by atoms with E-state index < -0.39 is 16.0 Å². The second-order valence-electron chi connectivity index (χ2n) is 3.24. The third kappa shape index (κ3) is 2.93. The van der Waals surface area contributed by atoms with Crippen LogP contribution in [-0.4, -0.2) is 24.5 Å². The molecule has 0 aliphatic heterocycles. The molecular weight excluding hydrogens is 296 g/mol. The molecule has 0 aliphatic rings. The van der Waals surface area contributed by atoms with Gasteiger partial charge in [0.1, 0.15) is 4.88 Å². The summed E-state index contributed by atoms with van der Waals surface area (Å²) in [6.45, 7) is 0.144. The number of nitrogens with one attached hydrogen (secondary N) is 1. The van der Waals surface area contributed by atoms with E-state index in [2.05, 4.69) is 9.71 Å². The van der Waals surface area contributed by atoms with Gasteiger partial charge < -0.3 is 5.11 Å². The Kier molecular flexibility index (Phi) is 3.76. The van der Waals surface area contributed by atoms with Crippen LogP contribution in [0, 0.1) is 0 Å². The lowest BCUT2D eigenvalue weighted by Crippen LogP contribution is -2.22. The van der Waals surface area contributed by atoms with Crippen molar-refractivity contribution in [1.82, 2.24) is 9.71 Å². The van der Waals surface area contributed by atoms with Crippen molar-refractivity contribution >= 4 is 38.7 Å². The first-order valence-corrected chi connectivity index (χ1v) is 7.92. The number of rotatable bonds is 5. The van der Waals surface area contributed by atoms with Crippen molar-refractivity contribution < 1.29 is 18.3 Å². The number of aromatic nitrogens is 1. The van der Waals surface area contributed by atoms with Crippen LogP contribution in [0.3, 0.4) is 0 Å². The van der Waals surface area contributed by atoms with E-state index in [4.69, 9.17) is 5.11 Å². The summed E-state index contributed by atoms with van der Waals surface area (Å²) in [4.78, 5) is 15.3. The average molecular weight is 304 g/mol. The Balaban J connectivity index is 2.12. The molecule has 0 aliphatic carbocycles. The third-order valence-electron chi connectivity index (χ3n) is 2.02. The topological polar surface area (TPSA) is 96.4 Å². The van der Waals surface area contributed by atoms with Crippen LogP contribution in [-0.2, 0) is 16.6 Å². The van der Waals surface area contributed by atoms with Gasteiger partial charge in [0, 0.05) is 23.0 Å². The van der Waals surface area contributed by atoms with Gasteiger partial charge in [-0.15, -0.1) is 22.7 Å². The highest BCUT2D eigenvalue weighted by molar-refractivity contribution is 7.89. The van der Waals surface area contributed by atoms with Gasteiger partial charge >= 0.3 is 5.97 Å². The monoisotopic (exact) mass is 304 g/mol. The fourth-order valence-electron chi connectivity index (χ4n) is 1.15. The summed E-state index contributed by atoms with van der Waals surface area (Å²) in [7, 11) is -3.67. The normalized spacial score (nSPS) is 11.6. The Morgan fingerprint density at radius 2 is 2.22 bits per heavy atom. The summed E-state index contributed by atoms with van der Waals surface area (Å²) in [5, 5.41) is 10.0. The number of sulfonamides is 1. The average Bonchev–Trinajstić information content (AvgIpc) is 2.98. The van der Waals surface area contributed by atoms with Crippen LogP contribution in [0.1, 0.15) is 14.5 Å². The Morgan fingerprint density at radius 3 is 2.78 bits per heavy atom. The fraction of sp³-hybridized carbons (Fsp3) is 0.111. The molecular formula is C9H8N2O4S3. The van der Waals surface area contributed by atoms with Gasteiger partial charge in [-0.05, 0) is 6.07 Å². The molecule has 0 saturated carbocycles. The van der Waals surface area contributed by atoms with E-state index in [9.17, 15) is 13.2 Å². The maximum atomic E-state index is 11.9. The van der Waals surface area contributed by atoms with Crippen molar-refractivity contribution in [3.05, 3.63) is 32.9 Å². The van der Waals surface area contributed by atoms with Gasteiger partial charge in [-0.3, -0.25) is 4.98 Å². The van der Waals surface area contributed by atoms with Crippen molar-refractivity contribution in [3.8, 4) is 0 Å². The van der Waals surface area contributed by atoms with E-state index >= 15 is 0 Å². The van der Waals surface area contributed by atoms with E-state index in [1.54, 1.807) is 11.7 Å². The molecule has 0 aromatic carbocycles. The van der Waals surface area contributed by atoms with Gasteiger partial charge in [0.15, 0.2) is 0 Å². The molecule has 96 valence electrons. The lowest BCUT2D eigenvalue weighted by atomic mass is 10.5. The van der Waals surface area contributed by atoms with Crippen molar-refractivity contribution in [1.29, 1.82) is 0 Å². The van der Waals surface area contributed by atoms with Gasteiger partial charge in [0.2, 0.25) is 10.0 Å². The molecule has 0 atom stereocenters. The molecule has 0 amide bonds. The SMILES string of the molecule is O=C(O)c1cc(S(=O)(=O)NCc2cncs2)cs1. The number of hydrogen-bond acceptors (Lipinski definition) is 6. The number of thiophene rings is 1. The number of carboxylic acids is 1. The lowest BCUT2D eigenvalue weighted by molar-refractivity contribution is 0.0702. The summed E-state index contributed by atoms with van der Waals surface area (Å²) in [6, 6.07) is 1.14. The fourth-order valence-corrected chi connectivity index (χ4v) is 3.89. The van der Waals surface area contributed by atoms with E-state index in [1.807, 2.05) is 0 Å². The summed E-state index contributed by atoms with van der Waals surface area (Å²) < 4.78 is 26.1. The van der Waals surface area contributed by atoms with E-state index in [0.717, 1.165) is 22.3 Å². The first-order valence-electron chi connectivity index (χ1n) is 4.68. The van der Waals surface area contributed by atoms with Crippen LogP contribution in [0.5, 0.6) is 0 Å². The number of carbonyl (C=O) groups is 1. The summed E-state index contributed by atoms with van der Waals surface area (Å²) in [5.74, 6) is -1.14. The molecule has 2 heterocycles. The van der Waals surface area contributed by atoms with Gasteiger partial charge in [0.25, 0.3) is 0 Å². The van der Waals surface area contributed by atoms with Gasteiger partial charge in [-0.1, -0.05) is 0 Å². The Morgan fingerprint density at radius 1 is 1.44 bits per heavy atom. The highest BCUT2D eigenvalue weighted by atomic mass is 32.2. The molecule has 0 unspecified atom stereocenters. The minimum atomic E-state index is -3.67. The first kappa shape index (κ1) is 13.1. The molecule has 2 N–H and O–H groups in total. The molecule has 9 heteroatoms. The summed E-state index contributed by atoms with van der Waals surface area (Å²) in [5.41, 5.74) is 1.61. The molecule has 0 fully saturated rings. The molecule has 0 radical (unpaired) electrons. The third-order valence-corrected chi connectivity index (χ3v) is 5.24. The number of carboxylic acid groups (broad SMARTS) is 1. The summed E-state index contributed by atoms with van der Waals surface area (Å²) >= 11 is 2.22. The van der Waals surface area contributed by atoms with Gasteiger partial charge in [-0.25, -0.2) is 17.9 Å². The second kappa shape index (κ2) is 5.14. The van der Waals surface area contributed by atoms with E-state index in [-0.39, 0.29) is 16.3 Å². The number of hydrogen-bond donors (Lipinski definition) is 2. The molecule has 18 heavy (non-hydrogen) atoms. The zero-order valence-electron chi connectivity index (χ0n) is 8.86. The smallest absolute Gasteiger partial charge is 0.345 e. The largest absolute Gasteiger partial charge is 0.477 e. The molecule has 0 saturated heterocycles. The van der Waals surface area contributed by atoms with Crippen LogP contribution in [0.4, 0.5) is 0 Å². The Bertz CT molecular complexity index is 645. The van der Waals surface area contributed by atoms with Crippen LogP contribution < -0.4 is 4.72 Å². The molecule has 2 aromatic rings. The molecule has 2 rings (SSSR count). The zero-order chi connectivity index (χ0) is 13.2. The lowest BCUT2D eigenvalue weighted by Gasteiger charge is -2.02. The standard InChI is InChI=1S/C9H8N2O4S3/c12-9(13)8-1-7(4-16-8)18(14,15)11-3-6-2-10-5-17-6/h1-2,4-5,11H,3H2,(H,12,13). The Hall–Kier alpha value is -1.29. The molecule has 2 aromatic heterocycles. The van der Waals surface area contributed by atoms with Crippen LogP contribution >= 0.6 is 22.7 Å². The maximum absolute atomic E-state index is 11.9. The highest BCUT2D eigenvalue weighted by Crippen LogP contribution is 2.19. The van der Waals surface area contributed by atoms with Crippen LogP contribution in [0.25, 0.3) is 0 Å².